The fourth-order valence-electron chi connectivity index (χ4n) is 3.26. The summed E-state index contributed by atoms with van der Waals surface area (Å²) in [5.74, 6) is 1.74. The van der Waals surface area contributed by atoms with E-state index in [-0.39, 0.29) is 12.1 Å². The maximum atomic E-state index is 12.5. The summed E-state index contributed by atoms with van der Waals surface area (Å²) in [4.78, 5) is 21.1. The van der Waals surface area contributed by atoms with Gasteiger partial charge in [0.1, 0.15) is 11.5 Å². The van der Waals surface area contributed by atoms with E-state index in [4.69, 9.17) is 4.42 Å². The summed E-state index contributed by atoms with van der Waals surface area (Å²) in [6, 6.07) is 7.89. The zero-order valence-electron chi connectivity index (χ0n) is 15.2. The van der Waals surface area contributed by atoms with E-state index in [1.54, 1.807) is 0 Å². The fourth-order valence-corrected chi connectivity index (χ4v) is 3.26. The standard InChI is InChI=1S/C19H26N4O2/c1-14-12-18(16(3)25-14)15(2)21-19(24)23-10-8-22(9-11-23)13-17-6-4-5-7-20-17/h4-7,12,15H,8-11,13H2,1-3H3,(H,21,24). The molecule has 2 aromatic heterocycles. The average molecular weight is 342 g/mol. The molecule has 1 unspecified atom stereocenters. The van der Waals surface area contributed by atoms with Crippen LogP contribution < -0.4 is 5.32 Å². The number of aryl methyl sites for hydroxylation is 2. The molecule has 6 heteroatoms. The minimum atomic E-state index is -0.0588. The second-order valence-electron chi connectivity index (χ2n) is 6.62. The molecule has 134 valence electrons. The number of hydrogen-bond donors (Lipinski definition) is 1. The summed E-state index contributed by atoms with van der Waals surface area (Å²) >= 11 is 0. The van der Waals surface area contributed by atoms with Gasteiger partial charge in [0.15, 0.2) is 0 Å². The van der Waals surface area contributed by atoms with Gasteiger partial charge in [-0.25, -0.2) is 4.79 Å². The summed E-state index contributed by atoms with van der Waals surface area (Å²) in [6.45, 7) is 9.87. The van der Waals surface area contributed by atoms with Crippen LogP contribution in [0.5, 0.6) is 0 Å². The van der Waals surface area contributed by atoms with Crippen LogP contribution in [0.4, 0.5) is 4.79 Å². The molecule has 3 heterocycles. The molecular formula is C19H26N4O2. The Morgan fingerprint density at radius 3 is 2.64 bits per heavy atom. The van der Waals surface area contributed by atoms with Gasteiger partial charge in [0.25, 0.3) is 0 Å². The van der Waals surface area contributed by atoms with Gasteiger partial charge in [-0.2, -0.15) is 0 Å². The first-order chi connectivity index (χ1) is 12.0. The predicted molar refractivity (Wildman–Crippen MR) is 96.2 cm³/mol. The second-order valence-corrected chi connectivity index (χ2v) is 6.62. The molecule has 1 saturated heterocycles. The van der Waals surface area contributed by atoms with E-state index in [1.165, 1.54) is 0 Å². The number of piperazine rings is 1. The van der Waals surface area contributed by atoms with Gasteiger partial charge in [0.05, 0.1) is 11.7 Å². The zero-order chi connectivity index (χ0) is 17.8. The Hall–Kier alpha value is -2.34. The Bertz CT molecular complexity index is 705. The van der Waals surface area contributed by atoms with Gasteiger partial charge in [-0.1, -0.05) is 6.07 Å². The van der Waals surface area contributed by atoms with Crippen molar-refractivity contribution in [2.75, 3.05) is 26.2 Å². The smallest absolute Gasteiger partial charge is 0.317 e. The van der Waals surface area contributed by atoms with E-state index in [2.05, 4.69) is 15.2 Å². The molecule has 0 spiro atoms. The highest BCUT2D eigenvalue weighted by molar-refractivity contribution is 5.74. The first-order valence-corrected chi connectivity index (χ1v) is 8.77. The van der Waals surface area contributed by atoms with Crippen LogP contribution in [-0.2, 0) is 6.54 Å². The van der Waals surface area contributed by atoms with Crippen LogP contribution in [0, 0.1) is 13.8 Å². The minimum absolute atomic E-state index is 0.0109. The molecule has 1 N–H and O–H groups in total. The molecule has 3 rings (SSSR count). The van der Waals surface area contributed by atoms with E-state index in [1.807, 2.05) is 56.1 Å². The lowest BCUT2D eigenvalue weighted by Crippen LogP contribution is -2.51. The van der Waals surface area contributed by atoms with E-state index < -0.39 is 0 Å². The maximum Gasteiger partial charge on any atom is 0.317 e. The lowest BCUT2D eigenvalue weighted by atomic mass is 10.1. The fraction of sp³-hybridized carbons (Fsp3) is 0.474. The van der Waals surface area contributed by atoms with Crippen LogP contribution in [0.1, 0.15) is 35.7 Å². The zero-order valence-corrected chi connectivity index (χ0v) is 15.2. The summed E-state index contributed by atoms with van der Waals surface area (Å²) in [6.07, 6.45) is 1.82. The van der Waals surface area contributed by atoms with Crippen LogP contribution >= 0.6 is 0 Å². The number of nitrogens with zero attached hydrogens (tertiary/aromatic N) is 3. The average Bonchev–Trinajstić information content (AvgIpc) is 2.95. The lowest BCUT2D eigenvalue weighted by Gasteiger charge is -2.35. The van der Waals surface area contributed by atoms with Crippen LogP contribution in [-0.4, -0.2) is 47.0 Å². The number of aromatic nitrogens is 1. The summed E-state index contributed by atoms with van der Waals surface area (Å²) in [5, 5.41) is 3.08. The summed E-state index contributed by atoms with van der Waals surface area (Å²) < 4.78 is 5.56. The third kappa shape index (κ3) is 4.39. The van der Waals surface area contributed by atoms with Crippen LogP contribution in [0.25, 0.3) is 0 Å². The largest absolute Gasteiger partial charge is 0.466 e. The highest BCUT2D eigenvalue weighted by Crippen LogP contribution is 2.21. The second kappa shape index (κ2) is 7.70. The van der Waals surface area contributed by atoms with Crippen molar-refractivity contribution in [1.82, 2.24) is 20.1 Å². The van der Waals surface area contributed by atoms with Crippen molar-refractivity contribution in [3.8, 4) is 0 Å². The number of furan rings is 1. The number of hydrogen-bond acceptors (Lipinski definition) is 4. The van der Waals surface area contributed by atoms with Gasteiger partial charge in [0.2, 0.25) is 0 Å². The Balaban J connectivity index is 1.49. The molecule has 0 bridgehead atoms. The van der Waals surface area contributed by atoms with Crippen molar-refractivity contribution < 1.29 is 9.21 Å². The number of amides is 2. The van der Waals surface area contributed by atoms with Crippen LogP contribution in [0.3, 0.4) is 0 Å². The topological polar surface area (TPSA) is 61.6 Å². The van der Waals surface area contributed by atoms with E-state index in [0.717, 1.165) is 55.5 Å². The molecule has 6 nitrogen and oxygen atoms in total. The Morgan fingerprint density at radius 1 is 1.28 bits per heavy atom. The van der Waals surface area contributed by atoms with E-state index >= 15 is 0 Å². The Labute approximate surface area is 148 Å². The molecule has 2 amide bonds. The number of rotatable bonds is 4. The molecule has 1 aliphatic heterocycles. The summed E-state index contributed by atoms with van der Waals surface area (Å²) in [7, 11) is 0. The van der Waals surface area contributed by atoms with Crippen molar-refractivity contribution in [2.45, 2.75) is 33.4 Å². The molecule has 1 atom stereocenters. The van der Waals surface area contributed by atoms with Gasteiger partial charge >= 0.3 is 6.03 Å². The van der Waals surface area contributed by atoms with Crippen molar-refractivity contribution in [1.29, 1.82) is 0 Å². The van der Waals surface area contributed by atoms with Gasteiger partial charge in [-0.05, 0) is 39.0 Å². The molecule has 2 aromatic rings. The normalized spacial score (nSPS) is 16.7. The number of pyridine rings is 1. The van der Waals surface area contributed by atoms with Crippen LogP contribution in [0.15, 0.2) is 34.9 Å². The molecular weight excluding hydrogens is 316 g/mol. The first kappa shape index (κ1) is 17.5. The van der Waals surface area contributed by atoms with Crippen molar-refractivity contribution in [3.63, 3.8) is 0 Å². The van der Waals surface area contributed by atoms with Crippen molar-refractivity contribution >= 4 is 6.03 Å². The number of urea groups is 1. The molecule has 0 radical (unpaired) electrons. The Morgan fingerprint density at radius 2 is 2.04 bits per heavy atom. The van der Waals surface area contributed by atoms with E-state index in [9.17, 15) is 4.79 Å². The van der Waals surface area contributed by atoms with Gasteiger partial charge in [-0.3, -0.25) is 9.88 Å². The molecule has 0 aromatic carbocycles. The Kier molecular flexibility index (Phi) is 5.38. The van der Waals surface area contributed by atoms with Crippen LogP contribution in [0.2, 0.25) is 0 Å². The quantitative estimate of drug-likeness (QED) is 0.928. The van der Waals surface area contributed by atoms with Crippen molar-refractivity contribution in [3.05, 3.63) is 53.2 Å². The summed E-state index contributed by atoms with van der Waals surface area (Å²) in [5.41, 5.74) is 2.11. The van der Waals surface area contributed by atoms with Gasteiger partial charge < -0.3 is 14.6 Å². The molecule has 1 aliphatic rings. The molecule has 0 saturated carbocycles. The monoisotopic (exact) mass is 342 g/mol. The van der Waals surface area contributed by atoms with Gasteiger partial charge in [0, 0.05) is 44.5 Å². The molecule has 0 aliphatic carbocycles. The van der Waals surface area contributed by atoms with Gasteiger partial charge in [-0.15, -0.1) is 0 Å². The SMILES string of the molecule is Cc1cc(C(C)NC(=O)N2CCN(Cc3ccccn3)CC2)c(C)o1. The highest BCUT2D eigenvalue weighted by atomic mass is 16.3. The predicted octanol–water partition coefficient (Wildman–Crippen LogP) is 2.88. The number of carbonyl (C=O) groups is 1. The lowest BCUT2D eigenvalue weighted by molar-refractivity contribution is 0.133. The number of carbonyl (C=O) groups excluding carboxylic acids is 1. The third-order valence-electron chi connectivity index (χ3n) is 4.66. The minimum Gasteiger partial charge on any atom is -0.466 e. The van der Waals surface area contributed by atoms with Crippen molar-refractivity contribution in [2.24, 2.45) is 0 Å². The molecule has 1 fully saturated rings. The first-order valence-electron chi connectivity index (χ1n) is 8.77. The third-order valence-corrected chi connectivity index (χ3v) is 4.66. The molecule has 25 heavy (non-hydrogen) atoms. The van der Waals surface area contributed by atoms with E-state index in [0.29, 0.717) is 0 Å². The highest BCUT2D eigenvalue weighted by Gasteiger charge is 2.23. The number of nitrogens with one attached hydrogen (secondary N) is 1. The maximum absolute atomic E-state index is 12.5.